The maximum atomic E-state index is 13.3. The molecule has 0 spiro atoms. The Morgan fingerprint density at radius 1 is 1.27 bits per heavy atom. The average Bonchev–Trinajstić information content (AvgIpc) is 3.11. The van der Waals surface area contributed by atoms with Gasteiger partial charge in [0.2, 0.25) is 11.8 Å². The van der Waals surface area contributed by atoms with Crippen LogP contribution in [0.15, 0.2) is 0 Å². The van der Waals surface area contributed by atoms with Crippen LogP contribution in [0.5, 0.6) is 0 Å². The van der Waals surface area contributed by atoms with Gasteiger partial charge in [0.25, 0.3) is 5.91 Å². The van der Waals surface area contributed by atoms with Crippen molar-refractivity contribution in [3.05, 3.63) is 0 Å². The molecule has 1 saturated carbocycles. The molecule has 3 fully saturated rings. The van der Waals surface area contributed by atoms with Gasteiger partial charge < -0.3 is 15.5 Å². The Morgan fingerprint density at radius 2 is 1.94 bits per heavy atom. The number of hydrogen-bond donors (Lipinski definition) is 4. The normalized spacial score (nSPS) is 29.7. The van der Waals surface area contributed by atoms with E-state index >= 15 is 0 Å². The van der Waals surface area contributed by atoms with Crippen LogP contribution in [0.2, 0.25) is 0 Å². The van der Waals surface area contributed by atoms with E-state index < -0.39 is 41.9 Å². The predicted octanol–water partition coefficient (Wildman–Crippen LogP) is 0.320. The molecule has 0 unspecified atom stereocenters. The monoisotopic (exact) mass is 475 g/mol. The number of hydrogen-bond acceptors (Lipinski definition) is 5. The molecular formula is C21H32F3N5O4. The molecule has 3 rings (SSSR count). The summed E-state index contributed by atoms with van der Waals surface area (Å²) in [6.07, 6.45) is -4.11. The van der Waals surface area contributed by atoms with E-state index in [2.05, 4.69) is 16.2 Å². The molecule has 4 amide bonds. The lowest BCUT2D eigenvalue weighted by molar-refractivity contribution is -0.175. The van der Waals surface area contributed by atoms with Crippen LogP contribution in [0.1, 0.15) is 40.5 Å². The third kappa shape index (κ3) is 4.95. The van der Waals surface area contributed by atoms with Crippen LogP contribution in [0.3, 0.4) is 0 Å². The number of fused-ring (bicyclic) bond motifs is 1. The van der Waals surface area contributed by atoms with Crippen molar-refractivity contribution in [3.63, 3.8) is 0 Å². The maximum Gasteiger partial charge on any atom is 0.471 e. The van der Waals surface area contributed by atoms with Gasteiger partial charge in [-0.15, -0.1) is 0 Å². The van der Waals surface area contributed by atoms with Gasteiger partial charge in [-0.1, -0.05) is 34.1 Å². The lowest BCUT2D eigenvalue weighted by atomic mass is 9.95. The van der Waals surface area contributed by atoms with Crippen LogP contribution in [0, 0.1) is 29.1 Å². The number of alkyl halides is 3. The fraction of sp³-hybridized carbons (Fsp3) is 0.810. The first-order valence-electron chi connectivity index (χ1n) is 11.3. The Balaban J connectivity index is 1.72. The molecule has 186 valence electrons. The van der Waals surface area contributed by atoms with Crippen molar-refractivity contribution < 1.29 is 32.3 Å². The summed E-state index contributed by atoms with van der Waals surface area (Å²) in [6, 6.07) is -2.27. The molecule has 0 radical (unpaired) electrons. The zero-order valence-corrected chi connectivity index (χ0v) is 19.2. The predicted molar refractivity (Wildman–Crippen MR) is 111 cm³/mol. The van der Waals surface area contributed by atoms with E-state index in [0.717, 1.165) is 0 Å². The van der Waals surface area contributed by atoms with Gasteiger partial charge in [0.05, 0.1) is 5.92 Å². The van der Waals surface area contributed by atoms with Gasteiger partial charge in [0, 0.05) is 19.6 Å². The van der Waals surface area contributed by atoms with E-state index in [0.29, 0.717) is 19.4 Å². The van der Waals surface area contributed by atoms with Crippen molar-refractivity contribution in [2.45, 2.75) is 58.8 Å². The van der Waals surface area contributed by atoms with E-state index in [1.165, 1.54) is 4.90 Å². The number of halogens is 3. The largest absolute Gasteiger partial charge is 0.471 e. The minimum Gasteiger partial charge on any atom is -0.356 e. The molecule has 9 nitrogen and oxygen atoms in total. The second kappa shape index (κ2) is 9.11. The molecule has 2 heterocycles. The standard InChI is InChI=1S/C21H32F3N5O4/c1-5-10(2)14(27-19(33)21(22,23)24)18(32)29-9-12-13(20(12,3)4)15(29)17(31)28-26-8-11-6-7-25-16(11)30/h10-15,26H,5-9H2,1-4H3,(H,25,30)(H,27,33)(H,28,31)/t10-,11+,12+,13+,14+,15+/m1/s1. The van der Waals surface area contributed by atoms with Crippen LogP contribution in [-0.2, 0) is 19.2 Å². The highest BCUT2D eigenvalue weighted by Crippen LogP contribution is 2.64. The molecule has 3 aliphatic rings. The Kier molecular flexibility index (Phi) is 6.97. The summed E-state index contributed by atoms with van der Waals surface area (Å²) >= 11 is 0. The topological polar surface area (TPSA) is 120 Å². The van der Waals surface area contributed by atoms with Crippen LogP contribution in [0.4, 0.5) is 13.2 Å². The summed E-state index contributed by atoms with van der Waals surface area (Å²) in [4.78, 5) is 50.9. The molecule has 0 aromatic rings. The van der Waals surface area contributed by atoms with Gasteiger partial charge in [-0.05, 0) is 29.6 Å². The first-order valence-corrected chi connectivity index (χ1v) is 11.3. The Labute approximate surface area is 190 Å². The molecule has 0 aromatic heterocycles. The number of amides is 4. The summed E-state index contributed by atoms with van der Waals surface area (Å²) in [5.74, 6) is -4.40. The Morgan fingerprint density at radius 3 is 2.48 bits per heavy atom. The molecular weight excluding hydrogens is 443 g/mol. The molecule has 0 aromatic carbocycles. The van der Waals surface area contributed by atoms with Crippen molar-refractivity contribution >= 4 is 23.6 Å². The van der Waals surface area contributed by atoms with Crippen LogP contribution in [-0.4, -0.2) is 66.4 Å². The highest BCUT2D eigenvalue weighted by atomic mass is 19.4. The zero-order valence-electron chi connectivity index (χ0n) is 19.2. The summed E-state index contributed by atoms with van der Waals surface area (Å²) in [5, 5.41) is 4.54. The van der Waals surface area contributed by atoms with E-state index in [1.807, 2.05) is 19.2 Å². The maximum absolute atomic E-state index is 13.3. The molecule has 1 aliphatic carbocycles. The number of nitrogens with one attached hydrogen (secondary N) is 4. The molecule has 0 bridgehead atoms. The van der Waals surface area contributed by atoms with Crippen molar-refractivity contribution in [1.29, 1.82) is 0 Å². The van der Waals surface area contributed by atoms with Crippen molar-refractivity contribution in [2.75, 3.05) is 19.6 Å². The minimum absolute atomic E-state index is 0.0358. The number of carbonyl (C=O) groups is 4. The van der Waals surface area contributed by atoms with E-state index in [4.69, 9.17) is 0 Å². The van der Waals surface area contributed by atoms with Gasteiger partial charge in [-0.3, -0.25) is 24.6 Å². The van der Waals surface area contributed by atoms with Crippen molar-refractivity contribution in [1.82, 2.24) is 26.4 Å². The highest BCUT2D eigenvalue weighted by Gasteiger charge is 2.69. The Hall–Kier alpha value is -2.37. The van der Waals surface area contributed by atoms with E-state index in [-0.39, 0.29) is 42.2 Å². The molecule has 6 atom stereocenters. The lowest BCUT2D eigenvalue weighted by Crippen LogP contribution is -2.59. The molecule has 12 heteroatoms. The first-order chi connectivity index (χ1) is 15.3. The number of nitrogens with zero attached hydrogens (tertiary/aromatic N) is 1. The molecule has 2 aliphatic heterocycles. The van der Waals surface area contributed by atoms with Crippen LogP contribution >= 0.6 is 0 Å². The summed E-state index contributed by atoms with van der Waals surface area (Å²) in [7, 11) is 0. The number of hydrazine groups is 1. The second-order valence-corrected chi connectivity index (χ2v) is 9.87. The third-order valence-electron chi connectivity index (χ3n) is 7.51. The summed E-state index contributed by atoms with van der Waals surface area (Å²) < 4.78 is 38.6. The zero-order chi connectivity index (χ0) is 24.7. The fourth-order valence-electron chi connectivity index (χ4n) is 5.07. The van der Waals surface area contributed by atoms with Gasteiger partial charge in [-0.2, -0.15) is 13.2 Å². The van der Waals surface area contributed by atoms with E-state index in [1.54, 1.807) is 13.8 Å². The van der Waals surface area contributed by atoms with Crippen LogP contribution in [0.25, 0.3) is 0 Å². The number of piperidine rings is 1. The van der Waals surface area contributed by atoms with Gasteiger partial charge in [0.15, 0.2) is 0 Å². The molecule has 2 saturated heterocycles. The Bertz CT molecular complexity index is 818. The van der Waals surface area contributed by atoms with Gasteiger partial charge in [0.1, 0.15) is 12.1 Å². The summed E-state index contributed by atoms with van der Waals surface area (Å²) in [5.41, 5.74) is 5.14. The average molecular weight is 476 g/mol. The minimum atomic E-state index is -5.12. The van der Waals surface area contributed by atoms with Gasteiger partial charge in [-0.25, -0.2) is 5.43 Å². The van der Waals surface area contributed by atoms with Crippen molar-refractivity contribution in [2.24, 2.45) is 29.1 Å². The molecule has 4 N–H and O–H groups in total. The second-order valence-electron chi connectivity index (χ2n) is 9.87. The number of rotatable bonds is 8. The van der Waals surface area contributed by atoms with Gasteiger partial charge >= 0.3 is 12.1 Å². The molecule has 33 heavy (non-hydrogen) atoms. The number of likely N-dealkylation sites (tertiary alicyclic amines) is 1. The van der Waals surface area contributed by atoms with Crippen LogP contribution < -0.4 is 21.5 Å². The quantitative estimate of drug-likeness (QED) is 0.377. The first kappa shape index (κ1) is 25.3. The SMILES string of the molecule is CC[C@@H](C)[C@H](NC(=O)C(F)(F)F)C(=O)N1C[C@H]2[C@@H]([C@H]1C(=O)NNC[C@@H]1CCNC1=O)C2(C)C. The highest BCUT2D eigenvalue weighted by molar-refractivity contribution is 5.94. The lowest BCUT2D eigenvalue weighted by Gasteiger charge is -2.34. The third-order valence-corrected chi connectivity index (χ3v) is 7.51. The van der Waals surface area contributed by atoms with E-state index in [9.17, 15) is 32.3 Å². The summed E-state index contributed by atoms with van der Waals surface area (Å²) in [6.45, 7) is 8.30. The van der Waals surface area contributed by atoms with Crippen molar-refractivity contribution in [3.8, 4) is 0 Å². The number of carbonyl (C=O) groups excluding carboxylic acids is 4. The fourth-order valence-corrected chi connectivity index (χ4v) is 5.07. The smallest absolute Gasteiger partial charge is 0.356 e.